The summed E-state index contributed by atoms with van der Waals surface area (Å²) >= 11 is 0. The number of rotatable bonds is 3. The fourth-order valence-electron chi connectivity index (χ4n) is 1.17. The number of hydrogen-bond donors (Lipinski definition) is 0. The van der Waals surface area contributed by atoms with Crippen LogP contribution in [0.1, 0.15) is 13.3 Å². The zero-order valence-electron chi connectivity index (χ0n) is 9.41. The van der Waals surface area contributed by atoms with Gasteiger partial charge in [-0.25, -0.2) is 4.79 Å². The Kier molecular flexibility index (Phi) is 4.46. The Morgan fingerprint density at radius 2 is 2.44 bits per heavy atom. The first kappa shape index (κ1) is 12.2. The lowest BCUT2D eigenvalue weighted by molar-refractivity contribution is -0.133. The highest BCUT2D eigenvalue weighted by Crippen LogP contribution is 2.22. The van der Waals surface area contributed by atoms with Crippen molar-refractivity contribution >= 4 is 5.97 Å². The van der Waals surface area contributed by atoms with E-state index in [0.29, 0.717) is 6.42 Å². The van der Waals surface area contributed by atoms with Crippen LogP contribution in [0.3, 0.4) is 0 Å². The van der Waals surface area contributed by atoms with Gasteiger partial charge in [0.25, 0.3) is 0 Å². The smallest absolute Gasteiger partial charge is 0.384 e. The second-order valence-corrected chi connectivity index (χ2v) is 3.19. The number of carbonyl (C=O) groups is 1. The first-order valence-corrected chi connectivity index (χ1v) is 4.84. The average Bonchev–Trinajstić information content (AvgIpc) is 2.69. The molecule has 0 aliphatic carbocycles. The van der Waals surface area contributed by atoms with Crippen LogP contribution in [-0.2, 0) is 19.0 Å². The second-order valence-electron chi connectivity index (χ2n) is 3.19. The Morgan fingerprint density at radius 3 is 2.94 bits per heavy atom. The minimum atomic E-state index is -0.554. The summed E-state index contributed by atoms with van der Waals surface area (Å²) in [5, 5.41) is 0. The molecule has 0 unspecified atom stereocenters. The maximum atomic E-state index is 10.8. The fraction of sp³-hybridized carbons (Fsp3) is 0.417. The van der Waals surface area contributed by atoms with E-state index in [-0.39, 0.29) is 12.7 Å². The van der Waals surface area contributed by atoms with E-state index in [2.05, 4.69) is 23.2 Å². The second kappa shape index (κ2) is 5.86. The van der Waals surface area contributed by atoms with E-state index < -0.39 is 5.97 Å². The van der Waals surface area contributed by atoms with Gasteiger partial charge in [-0.1, -0.05) is 12.0 Å². The SMILES string of the molecule is C=C[C@H](C#CC(=O)OC)CC1=C(C)OCO1. The summed E-state index contributed by atoms with van der Waals surface area (Å²) in [6, 6.07) is 0. The molecule has 0 N–H and O–H groups in total. The molecule has 0 aromatic heterocycles. The van der Waals surface area contributed by atoms with Crippen molar-refractivity contribution in [1.82, 2.24) is 0 Å². The van der Waals surface area contributed by atoms with E-state index in [0.717, 1.165) is 11.5 Å². The van der Waals surface area contributed by atoms with Crippen LogP contribution in [0.4, 0.5) is 0 Å². The lowest BCUT2D eigenvalue weighted by atomic mass is 10.0. The van der Waals surface area contributed by atoms with E-state index in [1.807, 2.05) is 6.92 Å². The minimum Gasteiger partial charge on any atom is -0.459 e. The number of carbonyl (C=O) groups excluding carboxylic acids is 1. The number of methoxy groups -OCH3 is 1. The Hall–Kier alpha value is -1.89. The van der Waals surface area contributed by atoms with Crippen LogP contribution in [0.5, 0.6) is 0 Å². The number of allylic oxidation sites excluding steroid dienone is 3. The van der Waals surface area contributed by atoms with Gasteiger partial charge in [-0.3, -0.25) is 0 Å². The molecule has 0 aromatic carbocycles. The quantitative estimate of drug-likeness (QED) is 0.315. The third-order valence-corrected chi connectivity index (χ3v) is 2.14. The molecule has 0 aromatic rings. The number of ether oxygens (including phenoxy) is 3. The van der Waals surface area contributed by atoms with Crippen molar-refractivity contribution in [1.29, 1.82) is 0 Å². The Balaban J connectivity index is 2.61. The highest BCUT2D eigenvalue weighted by Gasteiger charge is 2.16. The Bertz CT molecular complexity index is 370. The first-order chi connectivity index (χ1) is 7.67. The molecule has 0 bridgehead atoms. The monoisotopic (exact) mass is 222 g/mol. The van der Waals surface area contributed by atoms with E-state index in [9.17, 15) is 4.79 Å². The largest absolute Gasteiger partial charge is 0.459 e. The zero-order valence-corrected chi connectivity index (χ0v) is 9.41. The first-order valence-electron chi connectivity index (χ1n) is 4.84. The molecule has 16 heavy (non-hydrogen) atoms. The summed E-state index contributed by atoms with van der Waals surface area (Å²) in [5.41, 5.74) is 0. The van der Waals surface area contributed by atoms with Crippen LogP contribution in [0.15, 0.2) is 24.2 Å². The Labute approximate surface area is 94.9 Å². The van der Waals surface area contributed by atoms with E-state index >= 15 is 0 Å². The van der Waals surface area contributed by atoms with Crippen LogP contribution >= 0.6 is 0 Å². The van der Waals surface area contributed by atoms with Crippen molar-refractivity contribution in [2.24, 2.45) is 5.92 Å². The van der Waals surface area contributed by atoms with Gasteiger partial charge in [-0.2, -0.15) is 0 Å². The summed E-state index contributed by atoms with van der Waals surface area (Å²) in [4.78, 5) is 10.8. The van der Waals surface area contributed by atoms with Gasteiger partial charge >= 0.3 is 5.97 Å². The van der Waals surface area contributed by atoms with Gasteiger partial charge in [0.1, 0.15) is 11.5 Å². The molecule has 1 rings (SSSR count). The van der Waals surface area contributed by atoms with Crippen LogP contribution in [0.2, 0.25) is 0 Å². The molecule has 86 valence electrons. The molecule has 0 fully saturated rings. The maximum absolute atomic E-state index is 10.8. The molecule has 0 radical (unpaired) electrons. The summed E-state index contributed by atoms with van der Waals surface area (Å²) in [6.07, 6.45) is 2.22. The molecule has 1 aliphatic heterocycles. The third kappa shape index (κ3) is 3.35. The summed E-state index contributed by atoms with van der Waals surface area (Å²) in [6.45, 7) is 5.73. The number of hydrogen-bond acceptors (Lipinski definition) is 4. The lowest BCUT2D eigenvalue weighted by Gasteiger charge is -2.04. The van der Waals surface area contributed by atoms with Gasteiger partial charge in [-0.05, 0) is 6.92 Å². The van der Waals surface area contributed by atoms with Gasteiger partial charge in [0.15, 0.2) is 0 Å². The van der Waals surface area contributed by atoms with Crippen molar-refractivity contribution in [2.45, 2.75) is 13.3 Å². The molecular formula is C12H14O4. The van der Waals surface area contributed by atoms with Crippen molar-refractivity contribution in [2.75, 3.05) is 13.9 Å². The average molecular weight is 222 g/mol. The van der Waals surface area contributed by atoms with Crippen LogP contribution in [0, 0.1) is 17.8 Å². The van der Waals surface area contributed by atoms with Crippen LogP contribution < -0.4 is 0 Å². The molecule has 0 saturated carbocycles. The van der Waals surface area contributed by atoms with Crippen molar-refractivity contribution in [3.63, 3.8) is 0 Å². The maximum Gasteiger partial charge on any atom is 0.384 e. The standard InChI is InChI=1S/C12H14O4/c1-4-10(5-6-12(13)14-3)7-11-9(2)15-8-16-11/h4,10H,1,7-8H2,2-3H3/t10-/m1/s1. The van der Waals surface area contributed by atoms with Gasteiger partial charge in [0.2, 0.25) is 6.79 Å². The highest BCUT2D eigenvalue weighted by atomic mass is 16.7. The molecule has 1 heterocycles. The van der Waals surface area contributed by atoms with Gasteiger partial charge in [0.05, 0.1) is 7.11 Å². The molecule has 0 amide bonds. The molecule has 0 saturated heterocycles. The topological polar surface area (TPSA) is 44.8 Å². The normalized spacial score (nSPS) is 15.4. The van der Waals surface area contributed by atoms with Gasteiger partial charge < -0.3 is 14.2 Å². The van der Waals surface area contributed by atoms with Gasteiger partial charge in [-0.15, -0.1) is 6.58 Å². The molecule has 1 aliphatic rings. The molecule has 1 atom stereocenters. The van der Waals surface area contributed by atoms with Crippen LogP contribution in [-0.4, -0.2) is 19.9 Å². The van der Waals surface area contributed by atoms with E-state index in [1.54, 1.807) is 6.08 Å². The highest BCUT2D eigenvalue weighted by molar-refractivity contribution is 5.88. The van der Waals surface area contributed by atoms with Gasteiger partial charge in [0, 0.05) is 18.3 Å². The fourth-order valence-corrected chi connectivity index (χ4v) is 1.17. The van der Waals surface area contributed by atoms with E-state index in [4.69, 9.17) is 9.47 Å². The van der Waals surface area contributed by atoms with Crippen molar-refractivity contribution < 1.29 is 19.0 Å². The predicted molar refractivity (Wildman–Crippen MR) is 57.8 cm³/mol. The molecule has 0 spiro atoms. The summed E-state index contributed by atoms with van der Waals surface area (Å²) < 4.78 is 14.8. The Morgan fingerprint density at radius 1 is 1.69 bits per heavy atom. The third-order valence-electron chi connectivity index (χ3n) is 2.14. The van der Waals surface area contributed by atoms with Crippen molar-refractivity contribution in [3.05, 3.63) is 24.2 Å². The summed E-state index contributed by atoms with van der Waals surface area (Å²) in [5.74, 6) is 5.93. The molecule has 4 heteroatoms. The minimum absolute atomic E-state index is 0.147. The number of esters is 1. The van der Waals surface area contributed by atoms with E-state index in [1.165, 1.54) is 7.11 Å². The lowest BCUT2D eigenvalue weighted by Crippen LogP contribution is -2.00. The zero-order chi connectivity index (χ0) is 12.0. The van der Waals surface area contributed by atoms with Crippen LogP contribution in [0.25, 0.3) is 0 Å². The molecular weight excluding hydrogens is 208 g/mol. The molecule has 4 nitrogen and oxygen atoms in total. The van der Waals surface area contributed by atoms with Crippen molar-refractivity contribution in [3.8, 4) is 11.8 Å². The summed E-state index contributed by atoms with van der Waals surface area (Å²) in [7, 11) is 1.29. The predicted octanol–water partition coefficient (Wildman–Crippen LogP) is 1.59.